The molecule has 0 spiro atoms. The summed E-state index contributed by atoms with van der Waals surface area (Å²) in [6, 6.07) is 14.3. The minimum atomic E-state index is -0.638. The van der Waals surface area contributed by atoms with Gasteiger partial charge in [-0.25, -0.2) is 9.67 Å². The first-order valence-electron chi connectivity index (χ1n) is 22.2. The highest BCUT2D eigenvalue weighted by atomic mass is 16.5. The van der Waals surface area contributed by atoms with Crippen molar-refractivity contribution in [3.8, 4) is 22.6 Å². The fourth-order valence-electron chi connectivity index (χ4n) is 13.6. The number of nitrogens with two attached hydrogens (primary N) is 1. The van der Waals surface area contributed by atoms with Gasteiger partial charge in [-0.3, -0.25) is 9.78 Å². The summed E-state index contributed by atoms with van der Waals surface area (Å²) >= 11 is 0. The Morgan fingerprint density at radius 2 is 1.74 bits per heavy atom. The predicted molar refractivity (Wildman–Crippen MR) is 228 cm³/mol. The summed E-state index contributed by atoms with van der Waals surface area (Å²) < 4.78 is 16.5. The van der Waals surface area contributed by atoms with Gasteiger partial charge in [-0.1, -0.05) is 104 Å². The lowest BCUT2D eigenvalue weighted by Crippen LogP contribution is -2.70. The minimum Gasteiger partial charge on any atom is -0.481 e. The van der Waals surface area contributed by atoms with E-state index < -0.39 is 28.3 Å². The van der Waals surface area contributed by atoms with Crippen LogP contribution in [0.2, 0.25) is 0 Å². The van der Waals surface area contributed by atoms with Crippen LogP contribution in [-0.4, -0.2) is 62.3 Å². The van der Waals surface area contributed by atoms with Gasteiger partial charge in [0.25, 0.3) is 0 Å². The smallest absolute Gasteiger partial charge is 0.307 e. The van der Waals surface area contributed by atoms with Crippen LogP contribution in [0.4, 0.5) is 0 Å². The third-order valence-corrected chi connectivity index (χ3v) is 17.9. The van der Waals surface area contributed by atoms with Gasteiger partial charge >= 0.3 is 5.97 Å². The number of nitrogens with zero attached hydrogens (tertiary/aromatic N) is 4. The Kier molecular flexibility index (Phi) is 10.2. The van der Waals surface area contributed by atoms with Gasteiger partial charge in [0, 0.05) is 28.3 Å². The second-order valence-electron chi connectivity index (χ2n) is 21.4. The van der Waals surface area contributed by atoms with E-state index in [0.29, 0.717) is 31.7 Å². The molecule has 9 nitrogen and oxygen atoms in total. The predicted octanol–water partition coefficient (Wildman–Crippen LogP) is 9.90. The zero-order valence-electron chi connectivity index (χ0n) is 36.8. The lowest BCUT2D eigenvalue weighted by atomic mass is 9.34. The quantitative estimate of drug-likeness (QED) is 0.195. The van der Waals surface area contributed by atoms with Crippen LogP contribution < -0.4 is 5.73 Å². The minimum absolute atomic E-state index is 0.140. The van der Waals surface area contributed by atoms with Crippen LogP contribution >= 0.6 is 0 Å². The first-order valence-corrected chi connectivity index (χ1v) is 22.2. The lowest BCUT2D eigenvalue weighted by Gasteiger charge is -2.71. The van der Waals surface area contributed by atoms with Gasteiger partial charge in [-0.15, -0.1) is 0 Å². The maximum absolute atomic E-state index is 13.7. The molecule has 2 bridgehead atoms. The Morgan fingerprint density at radius 1 is 1.00 bits per heavy atom. The van der Waals surface area contributed by atoms with Gasteiger partial charge in [-0.2, -0.15) is 5.10 Å². The average Bonchev–Trinajstić information content (AvgIpc) is 3.68. The summed E-state index contributed by atoms with van der Waals surface area (Å²) in [5, 5.41) is 16.3. The van der Waals surface area contributed by atoms with Crippen molar-refractivity contribution in [2.24, 2.45) is 68.3 Å². The third kappa shape index (κ3) is 6.01. The van der Waals surface area contributed by atoms with Crippen LogP contribution in [0.5, 0.6) is 0 Å². The number of pyridine rings is 1. The summed E-state index contributed by atoms with van der Waals surface area (Å²) in [5.74, 6) is 1.13. The number of aliphatic carboxylic acids is 1. The van der Waals surface area contributed by atoms with Crippen molar-refractivity contribution >= 4 is 5.97 Å². The highest BCUT2D eigenvalue weighted by molar-refractivity contribution is 5.73. The molecular weight excluding hydrogens is 723 g/mol. The molecule has 1 aliphatic heterocycles. The van der Waals surface area contributed by atoms with E-state index in [4.69, 9.17) is 30.3 Å². The second-order valence-corrected chi connectivity index (χ2v) is 21.4. The molecule has 0 unspecified atom stereocenters. The van der Waals surface area contributed by atoms with Gasteiger partial charge in [-0.05, 0) is 109 Å². The van der Waals surface area contributed by atoms with E-state index in [1.54, 1.807) is 6.33 Å². The molecule has 3 saturated carbocycles. The summed E-state index contributed by atoms with van der Waals surface area (Å²) in [4.78, 5) is 23.4. The number of benzene rings is 1. The van der Waals surface area contributed by atoms with Crippen molar-refractivity contribution in [3.63, 3.8) is 0 Å². The molecule has 2 aromatic heterocycles. The molecule has 8 rings (SSSR count). The van der Waals surface area contributed by atoms with E-state index >= 15 is 0 Å². The number of carboxylic acids is 1. The Labute approximate surface area is 347 Å². The molecule has 12 atom stereocenters. The second kappa shape index (κ2) is 14.4. The number of hydrogen-bond acceptors (Lipinski definition) is 7. The first-order chi connectivity index (χ1) is 27.3. The highest BCUT2D eigenvalue weighted by Gasteiger charge is 2.73. The molecule has 3 heterocycles. The summed E-state index contributed by atoms with van der Waals surface area (Å²) in [6.45, 7) is 24.4. The fraction of sp³-hybridized carbons (Fsp3) is 0.673. The van der Waals surface area contributed by atoms with E-state index in [1.807, 2.05) is 30.5 Å². The van der Waals surface area contributed by atoms with E-state index in [9.17, 15) is 9.90 Å². The molecule has 4 aliphatic carbocycles. The highest BCUT2D eigenvalue weighted by Crippen LogP contribution is 2.75. The number of hydrogen-bond donors (Lipinski definition) is 2. The molecule has 1 saturated heterocycles. The van der Waals surface area contributed by atoms with Crippen molar-refractivity contribution in [2.45, 2.75) is 125 Å². The topological polar surface area (TPSA) is 125 Å². The standard InChI is InChI=1S/C49H69N5O4/c1-30(2)32(5)45(7)21-22-46(8)35-16-17-39-44(6)25-38(54-42(52-29-53-54)34-19-23-51-37(24-34)33-14-12-11-13-15-33)41(58-27-48(10,50)31(3)4)49(39,28-57-26-44)36(35)18-20-47(46,9)40(45)43(55)56/h11-15,18-19,23-24,29-32,35,38-41H,16-17,20-22,25-28,50H2,1-10H3,(H,55,56)/t32-,35+,38-,39-,40-,41+,44-,45-,46-,47+,48+,49+/m1/s1. The van der Waals surface area contributed by atoms with Crippen LogP contribution in [0.3, 0.4) is 0 Å². The molecule has 58 heavy (non-hydrogen) atoms. The fourth-order valence-corrected chi connectivity index (χ4v) is 13.6. The van der Waals surface area contributed by atoms with Gasteiger partial charge in [0.15, 0.2) is 5.82 Å². The zero-order valence-corrected chi connectivity index (χ0v) is 36.8. The Hall–Kier alpha value is -3.40. The molecule has 314 valence electrons. The van der Waals surface area contributed by atoms with Gasteiger partial charge < -0.3 is 20.3 Å². The SMILES string of the molecule is CC(C)[C@@H](C)[C@@]1(C)CC[C@]2(C)[C@H]3CC[C@@H]4[C@@]5(C)COC[C@@]4(C3=CC[C@@]2(C)[C@@H]1C(=O)O)[C@@H](OC[C@](C)(N)C(C)C)[C@H](n1ncnc1-c1ccnc(-c2ccccc2)c1)C5. The monoisotopic (exact) mass is 792 g/mol. The lowest BCUT2D eigenvalue weighted by molar-refractivity contribution is -0.254. The number of aromatic nitrogens is 4. The maximum atomic E-state index is 13.7. The average molecular weight is 792 g/mol. The number of ether oxygens (including phenoxy) is 2. The van der Waals surface area contributed by atoms with Gasteiger partial charge in [0.05, 0.1) is 43.6 Å². The Morgan fingerprint density at radius 3 is 2.43 bits per heavy atom. The summed E-state index contributed by atoms with van der Waals surface area (Å²) in [7, 11) is 0. The molecule has 1 aromatic carbocycles. The van der Waals surface area contributed by atoms with Crippen molar-refractivity contribution < 1.29 is 19.4 Å². The molecule has 0 amide bonds. The van der Waals surface area contributed by atoms with Crippen molar-refractivity contribution in [2.75, 3.05) is 19.8 Å². The molecule has 3 aromatic rings. The summed E-state index contributed by atoms with van der Waals surface area (Å²) in [5.41, 5.74) is 9.32. The van der Waals surface area contributed by atoms with Crippen LogP contribution in [0.25, 0.3) is 22.6 Å². The third-order valence-electron chi connectivity index (χ3n) is 17.9. The van der Waals surface area contributed by atoms with Crippen molar-refractivity contribution in [1.82, 2.24) is 19.7 Å². The zero-order chi connectivity index (χ0) is 41.6. The van der Waals surface area contributed by atoms with Crippen molar-refractivity contribution in [1.29, 1.82) is 0 Å². The van der Waals surface area contributed by atoms with E-state index in [-0.39, 0.29) is 46.1 Å². The number of carbonyl (C=O) groups is 1. The molecule has 0 radical (unpaired) electrons. The molecule has 5 aliphatic rings. The Bertz CT molecular complexity index is 2040. The van der Waals surface area contributed by atoms with E-state index in [1.165, 1.54) is 5.57 Å². The number of carboxylic acid groups (broad SMARTS) is 1. The van der Waals surface area contributed by atoms with Gasteiger partial charge in [0.1, 0.15) is 6.33 Å². The largest absolute Gasteiger partial charge is 0.481 e. The number of fused-ring (bicyclic) bond motifs is 3. The number of allylic oxidation sites excluding steroid dienone is 1. The summed E-state index contributed by atoms with van der Waals surface area (Å²) in [6.07, 6.45) is 11.3. The van der Waals surface area contributed by atoms with Gasteiger partial charge in [0.2, 0.25) is 0 Å². The van der Waals surface area contributed by atoms with Crippen LogP contribution in [0.1, 0.15) is 114 Å². The molecule has 4 fully saturated rings. The van der Waals surface area contributed by atoms with Crippen LogP contribution in [0, 0.1) is 62.6 Å². The molecule has 3 N–H and O–H groups in total. The maximum Gasteiger partial charge on any atom is 0.307 e. The number of rotatable bonds is 10. The normalized spacial score (nSPS) is 38.6. The first kappa shape index (κ1) is 41.3. The molecular formula is C49H69N5O4. The Balaban J connectivity index is 1.28. The van der Waals surface area contributed by atoms with Crippen LogP contribution in [-0.2, 0) is 14.3 Å². The van der Waals surface area contributed by atoms with Crippen molar-refractivity contribution in [3.05, 3.63) is 66.6 Å². The van der Waals surface area contributed by atoms with E-state index in [2.05, 4.69) is 98.2 Å². The van der Waals surface area contributed by atoms with Crippen LogP contribution in [0.15, 0.2) is 66.6 Å². The van der Waals surface area contributed by atoms with E-state index in [0.717, 1.165) is 61.2 Å². The molecule has 9 heteroatoms.